The van der Waals surface area contributed by atoms with Gasteiger partial charge in [0.2, 0.25) is 7.98 Å². The van der Waals surface area contributed by atoms with Crippen molar-refractivity contribution in [2.45, 2.75) is 26.3 Å². The fourth-order valence-corrected chi connectivity index (χ4v) is 3.30. The summed E-state index contributed by atoms with van der Waals surface area (Å²) < 4.78 is 1.94. The first-order valence-electron chi connectivity index (χ1n) is 9.14. The molecule has 4 rings (SSSR count). The summed E-state index contributed by atoms with van der Waals surface area (Å²) >= 11 is 0. The molecular formula is C21H22BN5. The Balaban J connectivity index is 1.42. The van der Waals surface area contributed by atoms with Crippen molar-refractivity contribution >= 4 is 25.2 Å². The molecule has 0 saturated heterocycles. The van der Waals surface area contributed by atoms with Crippen molar-refractivity contribution in [3.8, 4) is 0 Å². The Morgan fingerprint density at radius 2 is 1.74 bits per heavy atom. The van der Waals surface area contributed by atoms with E-state index in [-0.39, 0.29) is 0 Å². The van der Waals surface area contributed by atoms with Gasteiger partial charge in [0, 0.05) is 11.9 Å². The Morgan fingerprint density at radius 3 is 2.56 bits per heavy atom. The summed E-state index contributed by atoms with van der Waals surface area (Å²) in [7, 11) is 1.93. The van der Waals surface area contributed by atoms with Gasteiger partial charge < -0.3 is 4.92 Å². The van der Waals surface area contributed by atoms with Crippen molar-refractivity contribution in [3.05, 3.63) is 83.1 Å². The maximum Gasteiger partial charge on any atom is 0.249 e. The zero-order valence-corrected chi connectivity index (χ0v) is 15.8. The van der Waals surface area contributed by atoms with E-state index in [1.54, 1.807) is 0 Å². The average molecular weight is 355 g/mol. The van der Waals surface area contributed by atoms with Crippen LogP contribution in [0, 0.1) is 0 Å². The van der Waals surface area contributed by atoms with Gasteiger partial charge in [0.15, 0.2) is 0 Å². The number of hydrogen-bond acceptors (Lipinski definition) is 4. The van der Waals surface area contributed by atoms with Crippen LogP contribution in [0.1, 0.15) is 24.5 Å². The summed E-state index contributed by atoms with van der Waals surface area (Å²) in [6.45, 7) is 6.93. The van der Waals surface area contributed by atoms with Crippen LogP contribution in [0.25, 0.3) is 11.0 Å². The molecule has 0 saturated carbocycles. The van der Waals surface area contributed by atoms with Crippen molar-refractivity contribution in [1.29, 1.82) is 0 Å². The van der Waals surface area contributed by atoms with Crippen molar-refractivity contribution in [1.82, 2.24) is 19.9 Å². The van der Waals surface area contributed by atoms with Crippen LogP contribution in [0.15, 0.2) is 77.1 Å². The minimum atomic E-state index is 0.726. The molecule has 27 heavy (non-hydrogen) atoms. The molecule has 6 heteroatoms. The number of hydrazone groups is 1. The predicted molar refractivity (Wildman–Crippen MR) is 112 cm³/mol. The minimum Gasteiger partial charge on any atom is -0.320 e. The van der Waals surface area contributed by atoms with Gasteiger partial charge in [0.25, 0.3) is 0 Å². The van der Waals surface area contributed by atoms with Crippen LogP contribution in [0.4, 0.5) is 0 Å². The molecule has 0 aliphatic carbocycles. The van der Waals surface area contributed by atoms with E-state index in [9.17, 15) is 0 Å². The lowest BCUT2D eigenvalue weighted by Crippen LogP contribution is -2.18. The van der Waals surface area contributed by atoms with E-state index in [2.05, 4.69) is 59.2 Å². The molecule has 0 spiro atoms. The standard InChI is InChI=1S/C21H22BN5/c1-15-16(2)27(22)23-13-19(15)12-11-17-7-9-18(10-8-17)14-26-21-6-4-3-5-20(21)24-25-26/h3-10,13H,2,11-12,14,22H2,1H3. The topological polar surface area (TPSA) is 46.3 Å². The third kappa shape index (κ3) is 3.56. The van der Waals surface area contributed by atoms with Crippen LogP contribution in [-0.4, -0.2) is 34.1 Å². The van der Waals surface area contributed by atoms with Crippen molar-refractivity contribution in [2.75, 3.05) is 0 Å². The van der Waals surface area contributed by atoms with Gasteiger partial charge in [0.05, 0.1) is 12.1 Å². The largest absolute Gasteiger partial charge is 0.320 e. The Bertz CT molecular complexity index is 1050. The van der Waals surface area contributed by atoms with Gasteiger partial charge in [-0.2, -0.15) is 5.10 Å². The zero-order valence-electron chi connectivity index (χ0n) is 15.8. The van der Waals surface area contributed by atoms with Gasteiger partial charge in [-0.3, -0.25) is 0 Å². The zero-order chi connectivity index (χ0) is 18.8. The van der Waals surface area contributed by atoms with Gasteiger partial charge in [-0.1, -0.05) is 48.2 Å². The molecule has 1 aliphatic heterocycles. The molecule has 0 atom stereocenters. The van der Waals surface area contributed by atoms with Crippen molar-refractivity contribution < 1.29 is 0 Å². The first-order valence-corrected chi connectivity index (χ1v) is 9.14. The van der Waals surface area contributed by atoms with Crippen molar-refractivity contribution in [3.63, 3.8) is 0 Å². The van der Waals surface area contributed by atoms with Crippen LogP contribution in [-0.2, 0) is 13.0 Å². The van der Waals surface area contributed by atoms with Crippen LogP contribution >= 0.6 is 0 Å². The maximum absolute atomic E-state index is 4.37. The first-order chi connectivity index (χ1) is 13.1. The van der Waals surface area contributed by atoms with E-state index >= 15 is 0 Å². The summed E-state index contributed by atoms with van der Waals surface area (Å²) in [5.74, 6) is 0. The number of hydrogen-bond donors (Lipinski definition) is 0. The second kappa shape index (κ2) is 7.23. The lowest BCUT2D eigenvalue weighted by atomic mass is 9.98. The summed E-state index contributed by atoms with van der Waals surface area (Å²) in [5.41, 5.74) is 7.99. The molecule has 5 nitrogen and oxygen atoms in total. The maximum atomic E-state index is 4.37. The van der Waals surface area contributed by atoms with Gasteiger partial charge in [0.1, 0.15) is 5.52 Å². The highest BCUT2D eigenvalue weighted by Gasteiger charge is 2.12. The van der Waals surface area contributed by atoms with E-state index in [4.69, 9.17) is 0 Å². The summed E-state index contributed by atoms with van der Waals surface area (Å²) in [6, 6.07) is 16.8. The monoisotopic (exact) mass is 355 g/mol. The molecule has 3 aromatic rings. The van der Waals surface area contributed by atoms with Gasteiger partial charge in [-0.05, 0) is 54.2 Å². The number of para-hydroxylation sites is 1. The Morgan fingerprint density at radius 1 is 1.00 bits per heavy atom. The predicted octanol–water partition coefficient (Wildman–Crippen LogP) is 3.09. The average Bonchev–Trinajstić information content (AvgIpc) is 3.10. The number of rotatable bonds is 5. The highest BCUT2D eigenvalue weighted by Crippen LogP contribution is 2.22. The Hall–Kier alpha value is -3.15. The van der Waals surface area contributed by atoms with E-state index in [1.165, 1.54) is 22.3 Å². The highest BCUT2D eigenvalue weighted by atomic mass is 15.4. The van der Waals surface area contributed by atoms with E-state index in [0.717, 1.165) is 36.1 Å². The van der Waals surface area contributed by atoms with Gasteiger partial charge in [-0.25, -0.2) is 4.68 Å². The fraction of sp³-hybridized carbons (Fsp3) is 0.190. The third-order valence-electron chi connectivity index (χ3n) is 5.15. The lowest BCUT2D eigenvalue weighted by molar-refractivity contribution is 0.601. The van der Waals surface area contributed by atoms with Crippen molar-refractivity contribution in [2.24, 2.45) is 5.10 Å². The van der Waals surface area contributed by atoms with Crippen LogP contribution < -0.4 is 0 Å². The fourth-order valence-electron chi connectivity index (χ4n) is 3.30. The molecule has 0 N–H and O–H groups in total. The number of aromatic nitrogens is 3. The second-order valence-corrected chi connectivity index (χ2v) is 6.92. The summed E-state index contributed by atoms with van der Waals surface area (Å²) in [4.78, 5) is 1.82. The summed E-state index contributed by atoms with van der Waals surface area (Å²) in [5, 5.41) is 12.9. The molecule has 0 unspecified atom stereocenters. The first kappa shape index (κ1) is 17.3. The molecule has 134 valence electrons. The molecule has 2 heterocycles. The molecule has 1 aromatic heterocycles. The van der Waals surface area contributed by atoms with Crippen LogP contribution in [0.5, 0.6) is 0 Å². The molecule has 0 radical (unpaired) electrons. The van der Waals surface area contributed by atoms with Gasteiger partial charge >= 0.3 is 0 Å². The summed E-state index contributed by atoms with van der Waals surface area (Å²) in [6.07, 6.45) is 3.91. The molecule has 0 fully saturated rings. The number of allylic oxidation sites excluding steroid dienone is 2. The normalized spacial score (nSPS) is 14.4. The number of nitrogens with zero attached hydrogens (tertiary/aromatic N) is 5. The SMILES string of the molecule is BN1N=CC(CCc2ccc(Cn3nnc4ccccc43)cc2)=C(C)C1=C. The van der Waals surface area contributed by atoms with Crippen LogP contribution in [0.3, 0.4) is 0 Å². The molecule has 0 amide bonds. The molecule has 0 bridgehead atoms. The second-order valence-electron chi connectivity index (χ2n) is 6.92. The van der Waals surface area contributed by atoms with E-state index < -0.39 is 0 Å². The third-order valence-corrected chi connectivity index (χ3v) is 5.15. The smallest absolute Gasteiger partial charge is 0.249 e. The molecule has 2 aromatic carbocycles. The van der Waals surface area contributed by atoms with E-state index in [0.29, 0.717) is 0 Å². The number of aryl methyl sites for hydroxylation is 1. The molecular weight excluding hydrogens is 333 g/mol. The molecule has 1 aliphatic rings. The number of benzene rings is 2. The quantitative estimate of drug-likeness (QED) is 0.661. The number of fused-ring (bicyclic) bond motifs is 1. The Kier molecular flexibility index (Phi) is 4.63. The van der Waals surface area contributed by atoms with E-state index in [1.807, 2.05) is 42.0 Å². The highest BCUT2D eigenvalue weighted by molar-refractivity contribution is 6.07. The Labute approximate surface area is 160 Å². The minimum absolute atomic E-state index is 0.726. The lowest BCUT2D eigenvalue weighted by Gasteiger charge is -2.23. The van der Waals surface area contributed by atoms with Crippen LogP contribution in [0.2, 0.25) is 0 Å². The van der Waals surface area contributed by atoms with Gasteiger partial charge in [-0.15, -0.1) is 5.10 Å².